The summed E-state index contributed by atoms with van der Waals surface area (Å²) in [4.78, 5) is 23.0. The van der Waals surface area contributed by atoms with E-state index in [2.05, 4.69) is 5.32 Å². The SMILES string of the molecule is NC(=O)NC1CC1(C(=O)O)c1cc(Cl)ccc1-c1ccc(F)cc1. The van der Waals surface area contributed by atoms with E-state index in [-0.39, 0.29) is 12.2 Å². The monoisotopic (exact) mass is 348 g/mol. The number of carboxylic acid groups (broad SMARTS) is 1. The lowest BCUT2D eigenvalue weighted by atomic mass is 9.87. The van der Waals surface area contributed by atoms with Crippen LogP contribution in [0.1, 0.15) is 12.0 Å². The number of halogens is 2. The van der Waals surface area contributed by atoms with Crippen molar-refractivity contribution in [3.63, 3.8) is 0 Å². The van der Waals surface area contributed by atoms with Crippen LogP contribution < -0.4 is 11.1 Å². The average Bonchev–Trinajstić information content (AvgIpc) is 3.22. The van der Waals surface area contributed by atoms with E-state index in [1.807, 2.05) is 0 Å². The molecule has 0 bridgehead atoms. The summed E-state index contributed by atoms with van der Waals surface area (Å²) in [5.74, 6) is -1.46. The van der Waals surface area contributed by atoms with Crippen molar-refractivity contribution in [2.24, 2.45) is 5.73 Å². The van der Waals surface area contributed by atoms with Crippen molar-refractivity contribution in [2.75, 3.05) is 0 Å². The van der Waals surface area contributed by atoms with Crippen molar-refractivity contribution in [3.8, 4) is 11.1 Å². The predicted molar refractivity (Wildman–Crippen MR) is 87.3 cm³/mol. The second kappa shape index (κ2) is 5.79. The molecule has 2 aromatic carbocycles. The highest BCUT2D eigenvalue weighted by atomic mass is 35.5. The Kier molecular flexibility index (Phi) is 3.93. The third-order valence-corrected chi connectivity index (χ3v) is 4.51. The Morgan fingerprint density at radius 2 is 1.92 bits per heavy atom. The Labute approximate surface area is 142 Å². The van der Waals surface area contributed by atoms with Crippen molar-refractivity contribution >= 4 is 23.6 Å². The van der Waals surface area contributed by atoms with Gasteiger partial charge in [0.2, 0.25) is 0 Å². The topological polar surface area (TPSA) is 92.4 Å². The van der Waals surface area contributed by atoms with E-state index in [0.29, 0.717) is 21.7 Å². The highest BCUT2D eigenvalue weighted by Crippen LogP contribution is 2.52. The van der Waals surface area contributed by atoms with Gasteiger partial charge in [-0.25, -0.2) is 9.18 Å². The minimum Gasteiger partial charge on any atom is -0.481 e. The molecular formula is C17H14ClFN2O3. The summed E-state index contributed by atoms with van der Waals surface area (Å²) in [6, 6.07) is 9.22. The van der Waals surface area contributed by atoms with Gasteiger partial charge in [0.25, 0.3) is 0 Å². The van der Waals surface area contributed by atoms with E-state index in [1.54, 1.807) is 30.3 Å². The summed E-state index contributed by atoms with van der Waals surface area (Å²) in [5, 5.41) is 12.6. The zero-order chi connectivity index (χ0) is 17.5. The number of carbonyl (C=O) groups is 2. The van der Waals surface area contributed by atoms with Gasteiger partial charge in [0.05, 0.1) is 6.04 Å². The van der Waals surface area contributed by atoms with Gasteiger partial charge in [0.1, 0.15) is 11.2 Å². The van der Waals surface area contributed by atoms with Crippen LogP contribution >= 0.6 is 11.6 Å². The number of benzene rings is 2. The first-order valence-electron chi connectivity index (χ1n) is 7.20. The maximum Gasteiger partial charge on any atom is 0.316 e. The zero-order valence-corrected chi connectivity index (χ0v) is 13.2. The first-order chi connectivity index (χ1) is 11.3. The van der Waals surface area contributed by atoms with Gasteiger partial charge in [-0.1, -0.05) is 29.8 Å². The molecule has 2 amide bonds. The molecule has 0 aliphatic heterocycles. The van der Waals surface area contributed by atoms with E-state index < -0.39 is 23.5 Å². The number of primary amides is 1. The van der Waals surface area contributed by atoms with Crippen LogP contribution in [-0.4, -0.2) is 23.1 Å². The van der Waals surface area contributed by atoms with Gasteiger partial charge in [-0.05, 0) is 47.4 Å². The number of nitrogens with one attached hydrogen (secondary N) is 1. The summed E-state index contributed by atoms with van der Waals surface area (Å²) in [6.45, 7) is 0. The zero-order valence-electron chi connectivity index (χ0n) is 12.4. The molecule has 124 valence electrons. The molecular weight excluding hydrogens is 335 g/mol. The Balaban J connectivity index is 2.13. The fourth-order valence-corrected chi connectivity index (χ4v) is 3.20. The molecule has 0 spiro atoms. The molecule has 1 fully saturated rings. The first kappa shape index (κ1) is 16.3. The summed E-state index contributed by atoms with van der Waals surface area (Å²) < 4.78 is 13.2. The first-order valence-corrected chi connectivity index (χ1v) is 7.58. The lowest BCUT2D eigenvalue weighted by Crippen LogP contribution is -2.38. The van der Waals surface area contributed by atoms with Gasteiger partial charge in [0.15, 0.2) is 0 Å². The molecule has 0 aromatic heterocycles. The largest absolute Gasteiger partial charge is 0.481 e. The maximum atomic E-state index is 13.2. The summed E-state index contributed by atoms with van der Waals surface area (Å²) >= 11 is 6.06. The van der Waals surface area contributed by atoms with Gasteiger partial charge < -0.3 is 16.2 Å². The molecule has 4 N–H and O–H groups in total. The van der Waals surface area contributed by atoms with Crippen LogP contribution in [0, 0.1) is 5.82 Å². The fourth-order valence-electron chi connectivity index (χ4n) is 3.02. The smallest absolute Gasteiger partial charge is 0.316 e. The molecule has 2 atom stereocenters. The fraction of sp³-hybridized carbons (Fsp3) is 0.176. The molecule has 24 heavy (non-hydrogen) atoms. The summed E-state index contributed by atoms with van der Waals surface area (Å²) in [5.41, 5.74) is 5.56. The highest BCUT2D eigenvalue weighted by molar-refractivity contribution is 6.30. The van der Waals surface area contributed by atoms with Crippen molar-refractivity contribution in [1.82, 2.24) is 5.32 Å². The number of aliphatic carboxylic acids is 1. The normalized spacial score (nSPS) is 22.0. The molecule has 0 radical (unpaired) electrons. The van der Waals surface area contributed by atoms with E-state index in [1.165, 1.54) is 12.1 Å². The number of hydrogen-bond acceptors (Lipinski definition) is 2. The van der Waals surface area contributed by atoms with Crippen molar-refractivity contribution in [1.29, 1.82) is 0 Å². The second-order valence-electron chi connectivity index (χ2n) is 5.74. The molecule has 2 unspecified atom stereocenters. The Morgan fingerprint density at radius 1 is 1.25 bits per heavy atom. The lowest BCUT2D eigenvalue weighted by molar-refractivity contribution is -0.140. The molecule has 5 nitrogen and oxygen atoms in total. The third kappa shape index (κ3) is 2.69. The maximum absolute atomic E-state index is 13.2. The lowest BCUT2D eigenvalue weighted by Gasteiger charge is -2.18. The van der Waals surface area contributed by atoms with Crippen LogP contribution in [0.25, 0.3) is 11.1 Å². The molecule has 1 aliphatic carbocycles. The third-order valence-electron chi connectivity index (χ3n) is 4.28. The Morgan fingerprint density at radius 3 is 2.50 bits per heavy atom. The Hall–Kier alpha value is -2.60. The number of hydrogen-bond donors (Lipinski definition) is 3. The molecule has 0 saturated heterocycles. The van der Waals surface area contributed by atoms with Crippen molar-refractivity contribution < 1.29 is 19.1 Å². The molecule has 7 heteroatoms. The number of amides is 2. The Bertz CT molecular complexity index is 825. The number of carboxylic acids is 1. The number of urea groups is 1. The van der Waals surface area contributed by atoms with Gasteiger partial charge in [-0.2, -0.15) is 0 Å². The molecule has 0 heterocycles. The molecule has 1 aliphatic rings. The van der Waals surface area contributed by atoms with Crippen LogP contribution in [0.2, 0.25) is 5.02 Å². The van der Waals surface area contributed by atoms with Crippen molar-refractivity contribution in [3.05, 3.63) is 58.9 Å². The van der Waals surface area contributed by atoms with Crippen LogP contribution in [0.5, 0.6) is 0 Å². The predicted octanol–water partition coefficient (Wildman–Crippen LogP) is 2.91. The van der Waals surface area contributed by atoms with Gasteiger partial charge in [0, 0.05) is 5.02 Å². The summed E-state index contributed by atoms with van der Waals surface area (Å²) in [6.07, 6.45) is 0.208. The quantitative estimate of drug-likeness (QED) is 0.793. The van der Waals surface area contributed by atoms with Crippen LogP contribution in [0.15, 0.2) is 42.5 Å². The molecule has 2 aromatic rings. The van der Waals surface area contributed by atoms with E-state index in [0.717, 1.165) is 0 Å². The minimum atomic E-state index is -1.30. The molecule has 1 saturated carbocycles. The number of rotatable bonds is 4. The number of carbonyl (C=O) groups excluding carboxylic acids is 1. The van der Waals surface area contributed by atoms with Gasteiger partial charge >= 0.3 is 12.0 Å². The van der Waals surface area contributed by atoms with Crippen molar-refractivity contribution in [2.45, 2.75) is 17.9 Å². The molecule has 3 rings (SSSR count). The highest BCUT2D eigenvalue weighted by Gasteiger charge is 2.63. The van der Waals surface area contributed by atoms with E-state index in [9.17, 15) is 19.1 Å². The van der Waals surface area contributed by atoms with E-state index in [4.69, 9.17) is 17.3 Å². The van der Waals surface area contributed by atoms with Crippen LogP contribution in [-0.2, 0) is 10.2 Å². The van der Waals surface area contributed by atoms with Gasteiger partial charge in [-0.3, -0.25) is 4.79 Å². The second-order valence-corrected chi connectivity index (χ2v) is 6.18. The number of nitrogens with two attached hydrogens (primary N) is 1. The van der Waals surface area contributed by atoms with Gasteiger partial charge in [-0.15, -0.1) is 0 Å². The minimum absolute atomic E-state index is 0.208. The van der Waals surface area contributed by atoms with Crippen LogP contribution in [0.4, 0.5) is 9.18 Å². The summed E-state index contributed by atoms with van der Waals surface area (Å²) in [7, 11) is 0. The standard InChI is InChI=1S/C17H14ClFN2O3/c18-10-3-6-12(9-1-4-11(19)5-2-9)13(7-10)17(15(22)23)8-14(17)21-16(20)24/h1-7,14H,8H2,(H,22,23)(H3,20,21,24). The average molecular weight is 349 g/mol. The van der Waals surface area contributed by atoms with E-state index >= 15 is 0 Å². The van der Waals surface area contributed by atoms with Crippen LogP contribution in [0.3, 0.4) is 0 Å².